The number of carbonyl (C=O) groups excluding carboxylic acids is 2. The van der Waals surface area contributed by atoms with Crippen molar-refractivity contribution in [1.29, 1.82) is 0 Å². The van der Waals surface area contributed by atoms with Gasteiger partial charge in [0, 0.05) is 19.6 Å². The van der Waals surface area contributed by atoms with Gasteiger partial charge in [0.05, 0.1) is 5.41 Å². The number of carbonyl (C=O) groups is 2. The van der Waals surface area contributed by atoms with Crippen LogP contribution in [0.5, 0.6) is 0 Å². The lowest BCUT2D eigenvalue weighted by atomic mass is 9.74. The van der Waals surface area contributed by atoms with Gasteiger partial charge in [-0.2, -0.15) is 0 Å². The van der Waals surface area contributed by atoms with Crippen molar-refractivity contribution in [1.82, 2.24) is 10.2 Å². The Labute approximate surface area is 101 Å². The van der Waals surface area contributed by atoms with Crippen molar-refractivity contribution in [3.05, 3.63) is 0 Å². The minimum Gasteiger partial charge on any atom is -0.444 e. The summed E-state index contributed by atoms with van der Waals surface area (Å²) in [4.78, 5) is 25.2. The molecule has 5 heteroatoms. The van der Waals surface area contributed by atoms with Gasteiger partial charge in [0.25, 0.3) is 0 Å². The van der Waals surface area contributed by atoms with Gasteiger partial charge in [-0.1, -0.05) is 0 Å². The van der Waals surface area contributed by atoms with Crippen molar-refractivity contribution < 1.29 is 14.3 Å². The van der Waals surface area contributed by atoms with Gasteiger partial charge in [-0.15, -0.1) is 0 Å². The van der Waals surface area contributed by atoms with Gasteiger partial charge in [-0.05, 0) is 33.6 Å². The number of amides is 2. The standard InChI is InChI=1S/C12H20N2O3/c1-11(2,3)17-10(16)14-6-4-5-12(8-14)7-13-9(12)15/h4-8H2,1-3H3,(H,13,15)/t12-/m0/s1. The quantitative estimate of drug-likeness (QED) is 0.646. The molecular weight excluding hydrogens is 220 g/mol. The molecule has 0 aromatic heterocycles. The molecule has 2 aliphatic heterocycles. The molecule has 0 radical (unpaired) electrons. The smallest absolute Gasteiger partial charge is 0.410 e. The second-order valence-electron chi connectivity index (χ2n) is 5.97. The molecule has 2 saturated heterocycles. The zero-order chi connectivity index (χ0) is 12.7. The van der Waals surface area contributed by atoms with Crippen LogP contribution in [-0.2, 0) is 9.53 Å². The fraction of sp³-hybridized carbons (Fsp3) is 0.833. The Morgan fingerprint density at radius 1 is 1.47 bits per heavy atom. The molecule has 1 N–H and O–H groups in total. The van der Waals surface area contributed by atoms with E-state index in [1.807, 2.05) is 20.8 Å². The number of rotatable bonds is 0. The topological polar surface area (TPSA) is 58.6 Å². The average Bonchev–Trinajstić information content (AvgIpc) is 2.25. The Morgan fingerprint density at radius 3 is 2.65 bits per heavy atom. The van der Waals surface area contributed by atoms with Crippen molar-refractivity contribution in [3.63, 3.8) is 0 Å². The molecule has 2 heterocycles. The lowest BCUT2D eigenvalue weighted by molar-refractivity contribution is -0.144. The van der Waals surface area contributed by atoms with Crippen LogP contribution in [0.15, 0.2) is 0 Å². The van der Waals surface area contributed by atoms with E-state index in [0.29, 0.717) is 19.6 Å². The highest BCUT2D eigenvalue weighted by atomic mass is 16.6. The molecule has 1 atom stereocenters. The van der Waals surface area contributed by atoms with Gasteiger partial charge in [-0.3, -0.25) is 4.79 Å². The minimum atomic E-state index is -0.483. The molecule has 2 fully saturated rings. The summed E-state index contributed by atoms with van der Waals surface area (Å²) in [6, 6.07) is 0. The average molecular weight is 240 g/mol. The van der Waals surface area contributed by atoms with Crippen molar-refractivity contribution in [2.24, 2.45) is 5.41 Å². The fourth-order valence-corrected chi connectivity index (χ4v) is 2.35. The van der Waals surface area contributed by atoms with E-state index in [1.54, 1.807) is 4.90 Å². The molecule has 1 spiro atoms. The Morgan fingerprint density at radius 2 is 2.18 bits per heavy atom. The molecule has 0 aromatic carbocycles. The first kappa shape index (κ1) is 12.2. The van der Waals surface area contributed by atoms with Crippen molar-refractivity contribution in [2.75, 3.05) is 19.6 Å². The van der Waals surface area contributed by atoms with Crippen LogP contribution in [0.3, 0.4) is 0 Å². The number of β-lactam (4-membered cyclic amide) rings is 1. The summed E-state index contributed by atoms with van der Waals surface area (Å²) < 4.78 is 5.33. The van der Waals surface area contributed by atoms with Crippen LogP contribution in [0, 0.1) is 5.41 Å². The van der Waals surface area contributed by atoms with E-state index in [9.17, 15) is 9.59 Å². The predicted molar refractivity (Wildman–Crippen MR) is 62.5 cm³/mol. The van der Waals surface area contributed by atoms with E-state index in [4.69, 9.17) is 4.74 Å². The van der Waals surface area contributed by atoms with Gasteiger partial charge in [0.2, 0.25) is 5.91 Å². The number of piperidine rings is 1. The van der Waals surface area contributed by atoms with Crippen molar-refractivity contribution in [3.8, 4) is 0 Å². The maximum Gasteiger partial charge on any atom is 0.410 e. The van der Waals surface area contributed by atoms with E-state index in [1.165, 1.54) is 0 Å². The second kappa shape index (κ2) is 3.89. The van der Waals surface area contributed by atoms with Crippen LogP contribution in [0.1, 0.15) is 33.6 Å². The summed E-state index contributed by atoms with van der Waals surface area (Å²) in [7, 11) is 0. The molecule has 0 saturated carbocycles. The van der Waals surface area contributed by atoms with E-state index < -0.39 is 5.60 Å². The first-order chi connectivity index (χ1) is 7.82. The highest BCUT2D eigenvalue weighted by molar-refractivity contribution is 5.89. The first-order valence-electron chi connectivity index (χ1n) is 6.09. The largest absolute Gasteiger partial charge is 0.444 e. The molecule has 0 unspecified atom stereocenters. The third-order valence-electron chi connectivity index (χ3n) is 3.30. The Hall–Kier alpha value is -1.26. The first-order valence-corrected chi connectivity index (χ1v) is 6.09. The van der Waals surface area contributed by atoms with Crippen LogP contribution in [0.4, 0.5) is 4.79 Å². The molecule has 96 valence electrons. The summed E-state index contributed by atoms with van der Waals surface area (Å²) in [6.45, 7) is 7.41. The summed E-state index contributed by atoms with van der Waals surface area (Å²) in [6.07, 6.45) is 1.43. The molecule has 0 aliphatic carbocycles. The molecular formula is C12H20N2O3. The number of nitrogens with zero attached hydrogens (tertiary/aromatic N) is 1. The molecule has 0 bridgehead atoms. The Bertz CT molecular complexity index is 348. The van der Waals surface area contributed by atoms with E-state index in [0.717, 1.165) is 12.8 Å². The van der Waals surface area contributed by atoms with Crippen LogP contribution < -0.4 is 5.32 Å². The Kier molecular flexibility index (Phi) is 2.79. The number of ether oxygens (including phenoxy) is 1. The number of hydrogen-bond acceptors (Lipinski definition) is 3. The van der Waals surface area contributed by atoms with Gasteiger partial charge >= 0.3 is 6.09 Å². The SMILES string of the molecule is CC(C)(C)OC(=O)N1CCC[C@]2(CNC2=O)C1. The lowest BCUT2D eigenvalue weighted by Crippen LogP contribution is -2.66. The van der Waals surface area contributed by atoms with Crippen molar-refractivity contribution >= 4 is 12.0 Å². The molecule has 2 rings (SSSR count). The highest BCUT2D eigenvalue weighted by Gasteiger charge is 2.50. The number of hydrogen-bond donors (Lipinski definition) is 1. The van der Waals surface area contributed by atoms with Crippen LogP contribution in [0.25, 0.3) is 0 Å². The molecule has 5 nitrogen and oxygen atoms in total. The number of likely N-dealkylation sites (tertiary alicyclic amines) is 1. The highest BCUT2D eigenvalue weighted by Crippen LogP contribution is 2.35. The third kappa shape index (κ3) is 2.37. The van der Waals surface area contributed by atoms with Crippen molar-refractivity contribution in [2.45, 2.75) is 39.2 Å². The van der Waals surface area contributed by atoms with E-state index in [-0.39, 0.29) is 17.4 Å². The van der Waals surface area contributed by atoms with Gasteiger partial charge in [0.15, 0.2) is 0 Å². The maximum absolute atomic E-state index is 11.9. The van der Waals surface area contributed by atoms with Crippen LogP contribution in [0.2, 0.25) is 0 Å². The summed E-state index contributed by atoms with van der Waals surface area (Å²) in [5, 5.41) is 2.76. The molecule has 0 aromatic rings. The second-order valence-corrected chi connectivity index (χ2v) is 5.97. The molecule has 17 heavy (non-hydrogen) atoms. The number of nitrogens with one attached hydrogen (secondary N) is 1. The summed E-state index contributed by atoms with van der Waals surface area (Å²) in [5.41, 5.74) is -0.821. The molecule has 2 aliphatic rings. The van der Waals surface area contributed by atoms with Gasteiger partial charge in [-0.25, -0.2) is 4.79 Å². The predicted octanol–water partition coefficient (Wildman–Crippen LogP) is 1.13. The zero-order valence-corrected chi connectivity index (χ0v) is 10.7. The van der Waals surface area contributed by atoms with Gasteiger partial charge < -0.3 is 15.0 Å². The minimum absolute atomic E-state index is 0.0748. The van der Waals surface area contributed by atoms with Gasteiger partial charge in [0.1, 0.15) is 5.60 Å². The fourth-order valence-electron chi connectivity index (χ4n) is 2.35. The maximum atomic E-state index is 11.9. The van der Waals surface area contributed by atoms with E-state index >= 15 is 0 Å². The normalized spacial score (nSPS) is 28.6. The summed E-state index contributed by atoms with van der Waals surface area (Å²) in [5.74, 6) is 0.0748. The monoisotopic (exact) mass is 240 g/mol. The van der Waals surface area contributed by atoms with E-state index in [2.05, 4.69) is 5.32 Å². The molecule has 2 amide bonds. The lowest BCUT2D eigenvalue weighted by Gasteiger charge is -2.47. The Balaban J connectivity index is 1.98. The zero-order valence-electron chi connectivity index (χ0n) is 10.7. The summed E-state index contributed by atoms with van der Waals surface area (Å²) >= 11 is 0. The van der Waals surface area contributed by atoms with Crippen LogP contribution in [-0.4, -0.2) is 42.1 Å². The van der Waals surface area contributed by atoms with Crippen LogP contribution >= 0.6 is 0 Å². The third-order valence-corrected chi connectivity index (χ3v) is 3.30.